The molecule has 39 heavy (non-hydrogen) atoms. The summed E-state index contributed by atoms with van der Waals surface area (Å²) in [4.78, 5) is 40.9. The second-order valence-corrected chi connectivity index (χ2v) is 11.1. The predicted molar refractivity (Wildman–Crippen MR) is 145 cm³/mol. The normalized spacial score (nSPS) is 24.1. The van der Waals surface area contributed by atoms with Crippen molar-refractivity contribution in [3.8, 4) is 0 Å². The monoisotopic (exact) mass is 534 g/mol. The second kappa shape index (κ2) is 11.3. The topological polar surface area (TPSA) is 114 Å². The molecule has 0 bridgehead atoms. The third-order valence-corrected chi connectivity index (χ3v) is 8.67. The molecule has 8 heteroatoms. The van der Waals surface area contributed by atoms with Crippen molar-refractivity contribution >= 4 is 28.6 Å². The fraction of sp³-hybridized carbons (Fsp3) is 0.452. The van der Waals surface area contributed by atoms with Gasteiger partial charge in [-0.15, -0.1) is 0 Å². The van der Waals surface area contributed by atoms with Gasteiger partial charge in [0.15, 0.2) is 5.78 Å². The molecule has 2 aliphatic rings. The smallest absolute Gasteiger partial charge is 0.371 e. The number of hydrogen-bond donors (Lipinski definition) is 2. The molecule has 2 heterocycles. The maximum absolute atomic E-state index is 14.0. The van der Waals surface area contributed by atoms with E-state index in [1.807, 2.05) is 31.2 Å². The number of hydrogen-bond acceptors (Lipinski definition) is 5. The average molecular weight is 535 g/mol. The van der Waals surface area contributed by atoms with E-state index in [-0.39, 0.29) is 41.6 Å². The summed E-state index contributed by atoms with van der Waals surface area (Å²) < 4.78 is 18.4. The molecular weight excluding hydrogens is 499 g/mol. The first-order valence-corrected chi connectivity index (χ1v) is 13.7. The second-order valence-electron chi connectivity index (χ2n) is 11.1. The number of carbonyl (C=O) groups is 3. The largest absolute Gasteiger partial charge is 0.475 e. The molecule has 0 radical (unpaired) electrons. The summed E-state index contributed by atoms with van der Waals surface area (Å²) in [5.41, 5.74) is 9.29. The quantitative estimate of drug-likeness (QED) is 0.419. The summed E-state index contributed by atoms with van der Waals surface area (Å²) in [5, 5.41) is 9.86. The molecule has 1 aromatic heterocycles. The van der Waals surface area contributed by atoms with E-state index >= 15 is 0 Å². The molecule has 1 amide bonds. The van der Waals surface area contributed by atoms with E-state index < -0.39 is 24.7 Å². The van der Waals surface area contributed by atoms with Crippen molar-refractivity contribution in [3.63, 3.8) is 0 Å². The maximum atomic E-state index is 14.0. The number of furan rings is 1. The number of carbonyl (C=O) groups excluding carboxylic acids is 2. The summed E-state index contributed by atoms with van der Waals surface area (Å²) >= 11 is 0. The summed E-state index contributed by atoms with van der Waals surface area (Å²) in [6, 6.07) is 13.6. The van der Waals surface area contributed by atoms with E-state index in [1.165, 1.54) is 6.07 Å². The van der Waals surface area contributed by atoms with Gasteiger partial charge in [0, 0.05) is 36.2 Å². The van der Waals surface area contributed by atoms with Gasteiger partial charge in [0.05, 0.1) is 6.04 Å². The lowest BCUT2D eigenvalue weighted by Gasteiger charge is -2.35. The van der Waals surface area contributed by atoms with Gasteiger partial charge in [0.1, 0.15) is 12.3 Å². The van der Waals surface area contributed by atoms with Gasteiger partial charge in [-0.1, -0.05) is 30.3 Å². The lowest BCUT2D eigenvalue weighted by Crippen LogP contribution is -2.47. The van der Waals surface area contributed by atoms with Crippen LogP contribution in [0.1, 0.15) is 65.3 Å². The molecule has 0 spiro atoms. The number of likely N-dealkylation sites (tertiary alicyclic amines) is 1. The molecule has 5 rings (SSSR count). The number of halogens is 1. The van der Waals surface area contributed by atoms with Crippen molar-refractivity contribution in [2.24, 2.45) is 17.6 Å². The Hall–Kier alpha value is -3.52. The zero-order valence-electron chi connectivity index (χ0n) is 22.1. The Labute approximate surface area is 227 Å². The highest BCUT2D eigenvalue weighted by Gasteiger charge is 2.44. The minimum Gasteiger partial charge on any atom is -0.475 e. The number of alkyl halides is 1. The van der Waals surface area contributed by atoms with Crippen LogP contribution in [0.25, 0.3) is 11.0 Å². The first kappa shape index (κ1) is 27.1. The molecule has 3 aromatic rings. The molecule has 2 fully saturated rings. The summed E-state index contributed by atoms with van der Waals surface area (Å²) in [6.45, 7) is 2.00. The number of carboxylic acid groups (broad SMARTS) is 1. The standard InChI is InChI=1S/C31H35FN2O5/c1-18-4-2-3-5-23(18)24-12-13-34(30(36)21-9-7-20(8-10-21)25(33)17-32)29(24)26(35)15-19-6-11-27-22(14-19)16-28(39-27)31(37)38/h2-6,11,14,16,20-21,24-25,29H,7-10,12-13,15,17,33H2,1H3,(H,37,38)/t20?,21?,24-,25+,29-/m0/s1. The average Bonchev–Trinajstić information content (AvgIpc) is 3.57. The van der Waals surface area contributed by atoms with Gasteiger partial charge in [-0.25, -0.2) is 9.18 Å². The zero-order valence-corrected chi connectivity index (χ0v) is 22.1. The summed E-state index contributed by atoms with van der Waals surface area (Å²) in [7, 11) is 0. The first-order chi connectivity index (χ1) is 18.8. The number of benzene rings is 2. The van der Waals surface area contributed by atoms with Crippen LogP contribution in [0.3, 0.4) is 0 Å². The van der Waals surface area contributed by atoms with E-state index in [4.69, 9.17) is 10.2 Å². The number of fused-ring (bicyclic) bond motifs is 1. The van der Waals surface area contributed by atoms with E-state index in [1.54, 1.807) is 23.1 Å². The zero-order chi connectivity index (χ0) is 27.7. The molecule has 3 N–H and O–H groups in total. The van der Waals surface area contributed by atoms with Crippen molar-refractivity contribution in [2.75, 3.05) is 13.2 Å². The number of carboxylic acids is 1. The minimum atomic E-state index is -1.15. The Balaban J connectivity index is 1.39. The molecular formula is C31H35FN2O5. The van der Waals surface area contributed by atoms with E-state index in [9.17, 15) is 23.9 Å². The van der Waals surface area contributed by atoms with Gasteiger partial charge in [0.25, 0.3) is 0 Å². The molecule has 7 nitrogen and oxygen atoms in total. The van der Waals surface area contributed by atoms with Crippen LogP contribution in [0.5, 0.6) is 0 Å². The Bertz CT molecular complexity index is 1380. The van der Waals surface area contributed by atoms with Crippen LogP contribution in [0.15, 0.2) is 52.9 Å². The number of amides is 1. The number of aromatic carboxylic acids is 1. The Morgan fingerprint density at radius 3 is 2.51 bits per heavy atom. The molecule has 1 aliphatic heterocycles. The Kier molecular flexibility index (Phi) is 7.84. The molecule has 1 aliphatic carbocycles. The van der Waals surface area contributed by atoms with Crippen LogP contribution in [0.4, 0.5) is 4.39 Å². The molecule has 2 aromatic carbocycles. The van der Waals surface area contributed by atoms with Crippen LogP contribution < -0.4 is 5.73 Å². The lowest BCUT2D eigenvalue weighted by atomic mass is 9.78. The van der Waals surface area contributed by atoms with Crippen LogP contribution in [0, 0.1) is 18.8 Å². The van der Waals surface area contributed by atoms with Crippen LogP contribution in [-0.2, 0) is 16.0 Å². The number of Topliss-reactive ketones (excluding diaryl/α,β-unsaturated/α-hetero) is 1. The van der Waals surface area contributed by atoms with Crippen molar-refractivity contribution < 1.29 is 28.3 Å². The Morgan fingerprint density at radius 2 is 1.82 bits per heavy atom. The fourth-order valence-electron chi connectivity index (χ4n) is 6.53. The lowest BCUT2D eigenvalue weighted by molar-refractivity contribution is -0.142. The van der Waals surface area contributed by atoms with E-state index in [0.29, 0.717) is 36.8 Å². The van der Waals surface area contributed by atoms with Gasteiger partial charge < -0.3 is 20.2 Å². The van der Waals surface area contributed by atoms with Crippen molar-refractivity contribution in [1.29, 1.82) is 0 Å². The minimum absolute atomic E-state index is 0.00749. The summed E-state index contributed by atoms with van der Waals surface area (Å²) in [6.07, 6.45) is 3.59. The SMILES string of the molecule is Cc1ccccc1[C@@H]1CCN(C(=O)C2CCC([C@H](N)CF)CC2)[C@@H]1C(=O)Cc1ccc2oc(C(=O)O)cc2c1. The highest BCUT2D eigenvalue weighted by atomic mass is 19.1. The molecule has 3 atom stereocenters. The van der Waals surface area contributed by atoms with Gasteiger partial charge in [-0.2, -0.15) is 0 Å². The van der Waals surface area contributed by atoms with Crippen molar-refractivity contribution in [1.82, 2.24) is 4.90 Å². The van der Waals surface area contributed by atoms with Crippen molar-refractivity contribution in [2.45, 2.75) is 63.5 Å². The van der Waals surface area contributed by atoms with E-state index in [0.717, 1.165) is 29.5 Å². The van der Waals surface area contributed by atoms with Gasteiger partial charge >= 0.3 is 5.97 Å². The molecule has 1 saturated carbocycles. The number of ketones is 1. The van der Waals surface area contributed by atoms with Gasteiger partial charge in [0.2, 0.25) is 11.7 Å². The number of rotatable bonds is 8. The third kappa shape index (κ3) is 5.48. The highest BCUT2D eigenvalue weighted by molar-refractivity contribution is 5.94. The molecule has 206 valence electrons. The number of nitrogens with zero attached hydrogens (tertiary/aromatic N) is 1. The highest BCUT2D eigenvalue weighted by Crippen LogP contribution is 2.39. The maximum Gasteiger partial charge on any atom is 0.371 e. The van der Waals surface area contributed by atoms with Crippen molar-refractivity contribution in [3.05, 3.63) is 71.0 Å². The van der Waals surface area contributed by atoms with Gasteiger partial charge in [-0.3, -0.25) is 9.59 Å². The predicted octanol–water partition coefficient (Wildman–Crippen LogP) is 5.04. The number of nitrogens with two attached hydrogens (primary N) is 1. The first-order valence-electron chi connectivity index (χ1n) is 13.7. The third-order valence-electron chi connectivity index (χ3n) is 8.67. The summed E-state index contributed by atoms with van der Waals surface area (Å²) in [5.74, 6) is -1.52. The van der Waals surface area contributed by atoms with Crippen LogP contribution >= 0.6 is 0 Å². The van der Waals surface area contributed by atoms with E-state index in [2.05, 4.69) is 0 Å². The van der Waals surface area contributed by atoms with Gasteiger partial charge in [-0.05, 0) is 79.8 Å². The fourth-order valence-corrected chi connectivity index (χ4v) is 6.53. The molecule has 0 unspecified atom stereocenters. The van der Waals surface area contributed by atoms with Crippen LogP contribution in [0.2, 0.25) is 0 Å². The van der Waals surface area contributed by atoms with Crippen LogP contribution in [-0.4, -0.2) is 53.0 Å². The number of aryl methyl sites for hydroxylation is 1. The Morgan fingerprint density at radius 1 is 1.08 bits per heavy atom. The molecule has 1 saturated heterocycles.